The van der Waals surface area contributed by atoms with Crippen molar-refractivity contribution in [1.82, 2.24) is 0 Å². The molecule has 0 saturated carbocycles. The normalized spacial score (nSPS) is 13.5. The number of fused-ring (bicyclic) bond motifs is 1. The van der Waals surface area contributed by atoms with Gasteiger partial charge in [0.15, 0.2) is 0 Å². The predicted octanol–water partition coefficient (Wildman–Crippen LogP) is 4.64. The van der Waals surface area contributed by atoms with Crippen molar-refractivity contribution in [3.8, 4) is 0 Å². The van der Waals surface area contributed by atoms with Crippen molar-refractivity contribution in [2.45, 2.75) is 26.7 Å². The van der Waals surface area contributed by atoms with Crippen molar-refractivity contribution >= 4 is 39.1 Å². The van der Waals surface area contributed by atoms with Crippen LogP contribution in [-0.4, -0.2) is 18.4 Å². The van der Waals surface area contributed by atoms with Gasteiger partial charge in [0.25, 0.3) is 5.91 Å². The number of carbonyl (C=O) groups excluding carboxylic acids is 2. The molecular weight excluding hydrogens is 380 g/mol. The number of carbonyl (C=O) groups is 2. The standard InChI is InChI=1S/C20H21BrN2O2/c1-13(2)20(25)23-10-4-6-14-8-9-17(12-18(14)23)22-19(24)15-5-3-7-16(21)11-15/h3,5,7-9,11-13H,4,6,10H2,1-2H3,(H,22,24). The Kier molecular flexibility index (Phi) is 5.23. The van der Waals surface area contributed by atoms with E-state index in [1.54, 1.807) is 12.1 Å². The highest BCUT2D eigenvalue weighted by Gasteiger charge is 2.24. The van der Waals surface area contributed by atoms with E-state index in [0.29, 0.717) is 11.3 Å². The van der Waals surface area contributed by atoms with Gasteiger partial charge in [-0.3, -0.25) is 9.59 Å². The van der Waals surface area contributed by atoms with E-state index in [9.17, 15) is 9.59 Å². The summed E-state index contributed by atoms with van der Waals surface area (Å²) in [6.45, 7) is 4.55. The maximum absolute atomic E-state index is 12.5. The highest BCUT2D eigenvalue weighted by molar-refractivity contribution is 9.10. The number of aryl methyl sites for hydroxylation is 1. The summed E-state index contributed by atoms with van der Waals surface area (Å²) in [5, 5.41) is 2.93. The van der Waals surface area contributed by atoms with Crippen LogP contribution < -0.4 is 10.2 Å². The largest absolute Gasteiger partial charge is 0.322 e. The van der Waals surface area contributed by atoms with Gasteiger partial charge in [0.05, 0.1) is 0 Å². The number of nitrogens with zero attached hydrogens (tertiary/aromatic N) is 1. The lowest BCUT2D eigenvalue weighted by molar-refractivity contribution is -0.121. The lowest BCUT2D eigenvalue weighted by atomic mass is 9.99. The monoisotopic (exact) mass is 400 g/mol. The first-order valence-corrected chi connectivity index (χ1v) is 9.26. The zero-order chi connectivity index (χ0) is 18.0. The van der Waals surface area contributed by atoms with Crippen molar-refractivity contribution in [1.29, 1.82) is 0 Å². The molecule has 5 heteroatoms. The van der Waals surface area contributed by atoms with E-state index in [1.807, 2.05) is 49.1 Å². The third-order valence-electron chi connectivity index (χ3n) is 4.31. The zero-order valence-electron chi connectivity index (χ0n) is 14.4. The molecule has 4 nitrogen and oxygen atoms in total. The van der Waals surface area contributed by atoms with Crippen molar-refractivity contribution in [3.63, 3.8) is 0 Å². The Balaban J connectivity index is 1.86. The molecule has 2 aromatic rings. The molecule has 1 heterocycles. The molecule has 0 aliphatic carbocycles. The number of anilines is 2. The van der Waals surface area contributed by atoms with Crippen molar-refractivity contribution in [3.05, 3.63) is 58.1 Å². The molecule has 0 unspecified atom stereocenters. The first kappa shape index (κ1) is 17.7. The fourth-order valence-corrected chi connectivity index (χ4v) is 3.43. The minimum Gasteiger partial charge on any atom is -0.322 e. The number of hydrogen-bond acceptors (Lipinski definition) is 2. The van der Waals surface area contributed by atoms with Crippen LogP contribution >= 0.6 is 15.9 Å². The Labute approximate surface area is 156 Å². The van der Waals surface area contributed by atoms with Gasteiger partial charge in [-0.25, -0.2) is 0 Å². The van der Waals surface area contributed by atoms with Crippen LogP contribution in [0.4, 0.5) is 11.4 Å². The van der Waals surface area contributed by atoms with E-state index < -0.39 is 0 Å². The molecule has 0 saturated heterocycles. The second kappa shape index (κ2) is 7.40. The number of nitrogens with one attached hydrogen (secondary N) is 1. The smallest absolute Gasteiger partial charge is 0.255 e. The van der Waals surface area contributed by atoms with Crippen molar-refractivity contribution < 1.29 is 9.59 Å². The fraction of sp³-hybridized carbons (Fsp3) is 0.300. The lowest BCUT2D eigenvalue weighted by Gasteiger charge is -2.31. The maximum atomic E-state index is 12.5. The predicted molar refractivity (Wildman–Crippen MR) is 104 cm³/mol. The molecule has 0 spiro atoms. The number of rotatable bonds is 3. The van der Waals surface area contributed by atoms with Crippen molar-refractivity contribution in [2.75, 3.05) is 16.8 Å². The summed E-state index contributed by atoms with van der Waals surface area (Å²) in [5.41, 5.74) is 3.35. The van der Waals surface area contributed by atoms with Gasteiger partial charge in [-0.2, -0.15) is 0 Å². The van der Waals surface area contributed by atoms with Gasteiger partial charge in [-0.15, -0.1) is 0 Å². The van der Waals surface area contributed by atoms with Crippen LogP contribution in [-0.2, 0) is 11.2 Å². The molecule has 0 fully saturated rings. The first-order chi connectivity index (χ1) is 12.0. The Morgan fingerprint density at radius 2 is 1.96 bits per heavy atom. The summed E-state index contributed by atoms with van der Waals surface area (Å²) in [6.07, 6.45) is 1.92. The fourth-order valence-electron chi connectivity index (χ4n) is 3.03. The van der Waals surface area contributed by atoms with Crippen molar-refractivity contribution in [2.24, 2.45) is 5.92 Å². The molecule has 1 aliphatic heterocycles. The molecule has 0 bridgehead atoms. The number of benzene rings is 2. The minimum atomic E-state index is -0.168. The van der Waals surface area contributed by atoms with E-state index in [4.69, 9.17) is 0 Å². The molecule has 0 atom stereocenters. The van der Waals surface area contributed by atoms with Crippen LogP contribution in [0.5, 0.6) is 0 Å². The van der Waals surface area contributed by atoms with Crippen LogP contribution in [0.2, 0.25) is 0 Å². The number of amides is 2. The molecule has 130 valence electrons. The van der Waals surface area contributed by atoms with Gasteiger partial charge in [0, 0.05) is 33.9 Å². The van der Waals surface area contributed by atoms with E-state index in [0.717, 1.165) is 35.1 Å². The van der Waals surface area contributed by atoms with E-state index in [-0.39, 0.29) is 17.7 Å². The third-order valence-corrected chi connectivity index (χ3v) is 4.80. The van der Waals surface area contributed by atoms with E-state index in [2.05, 4.69) is 21.2 Å². The van der Waals surface area contributed by atoms with Gasteiger partial charge in [0.2, 0.25) is 5.91 Å². The maximum Gasteiger partial charge on any atom is 0.255 e. The Morgan fingerprint density at radius 1 is 1.16 bits per heavy atom. The second-order valence-electron chi connectivity index (χ2n) is 6.56. The summed E-state index contributed by atoms with van der Waals surface area (Å²) in [5.74, 6) is -0.0962. The van der Waals surface area contributed by atoms with Gasteiger partial charge in [0.1, 0.15) is 0 Å². The van der Waals surface area contributed by atoms with Gasteiger partial charge in [-0.1, -0.05) is 41.9 Å². The van der Waals surface area contributed by atoms with Crippen LogP contribution in [0.1, 0.15) is 36.2 Å². The Morgan fingerprint density at radius 3 is 2.68 bits per heavy atom. The highest BCUT2D eigenvalue weighted by atomic mass is 79.9. The average molecular weight is 401 g/mol. The molecule has 1 aliphatic rings. The highest BCUT2D eigenvalue weighted by Crippen LogP contribution is 2.31. The minimum absolute atomic E-state index is 0.0501. The summed E-state index contributed by atoms with van der Waals surface area (Å²) in [4.78, 5) is 26.8. The SMILES string of the molecule is CC(C)C(=O)N1CCCc2ccc(NC(=O)c3cccc(Br)c3)cc21. The molecule has 2 aromatic carbocycles. The van der Waals surface area contributed by atoms with E-state index >= 15 is 0 Å². The molecule has 0 radical (unpaired) electrons. The molecule has 2 amide bonds. The summed E-state index contributed by atoms with van der Waals surface area (Å²) in [7, 11) is 0. The lowest BCUT2D eigenvalue weighted by Crippen LogP contribution is -2.38. The zero-order valence-corrected chi connectivity index (χ0v) is 16.0. The molecule has 1 N–H and O–H groups in total. The van der Waals surface area contributed by atoms with Gasteiger partial charge >= 0.3 is 0 Å². The number of hydrogen-bond donors (Lipinski definition) is 1. The average Bonchev–Trinajstić information content (AvgIpc) is 2.60. The van der Waals surface area contributed by atoms with Crippen LogP contribution in [0, 0.1) is 5.92 Å². The van der Waals surface area contributed by atoms with Gasteiger partial charge < -0.3 is 10.2 Å². The summed E-state index contributed by atoms with van der Waals surface area (Å²) < 4.78 is 0.860. The summed E-state index contributed by atoms with van der Waals surface area (Å²) >= 11 is 3.38. The van der Waals surface area contributed by atoms with Crippen LogP contribution in [0.15, 0.2) is 46.9 Å². The topological polar surface area (TPSA) is 49.4 Å². The molecule has 25 heavy (non-hydrogen) atoms. The Bertz CT molecular complexity index is 817. The van der Waals surface area contributed by atoms with Crippen LogP contribution in [0.25, 0.3) is 0 Å². The number of halogens is 1. The molecule has 3 rings (SSSR count). The van der Waals surface area contributed by atoms with Crippen LogP contribution in [0.3, 0.4) is 0 Å². The Hall–Kier alpha value is -2.14. The van der Waals surface area contributed by atoms with E-state index in [1.165, 1.54) is 0 Å². The van der Waals surface area contributed by atoms with Gasteiger partial charge in [-0.05, 0) is 48.7 Å². The second-order valence-corrected chi connectivity index (χ2v) is 7.47. The third kappa shape index (κ3) is 3.93. The quantitative estimate of drug-likeness (QED) is 0.815. The molecular formula is C20H21BrN2O2. The molecule has 0 aromatic heterocycles. The summed E-state index contributed by atoms with van der Waals surface area (Å²) in [6, 6.07) is 13.1. The first-order valence-electron chi connectivity index (χ1n) is 8.47.